The van der Waals surface area contributed by atoms with Gasteiger partial charge in [-0.2, -0.15) is 0 Å². The van der Waals surface area contributed by atoms with Crippen LogP contribution in [-0.4, -0.2) is 4.98 Å². The van der Waals surface area contributed by atoms with Crippen LogP contribution in [0.2, 0.25) is 0 Å². The zero-order chi connectivity index (χ0) is 37.9. The summed E-state index contributed by atoms with van der Waals surface area (Å²) in [6, 6.07) is 64.3. The van der Waals surface area contributed by atoms with E-state index in [1.54, 1.807) is 0 Å². The maximum Gasteiger partial charge on any atom is 0.135 e. The van der Waals surface area contributed by atoms with Crippen molar-refractivity contribution in [2.24, 2.45) is 0 Å². The number of hydrogen-bond acceptors (Lipinski definition) is 3. The fourth-order valence-corrected chi connectivity index (χ4v) is 10.9. The highest BCUT2D eigenvalue weighted by Gasteiger charge is 2.19. The molecule has 0 bridgehead atoms. The molecule has 3 heteroatoms. The molecule has 3 aromatic heterocycles. The number of benzene rings is 10. The summed E-state index contributed by atoms with van der Waals surface area (Å²) in [6.07, 6.45) is 4.03. The van der Waals surface area contributed by atoms with Crippen LogP contribution in [0, 0.1) is 0 Å². The van der Waals surface area contributed by atoms with Gasteiger partial charge in [-0.3, -0.25) is 4.98 Å². The van der Waals surface area contributed by atoms with Crippen LogP contribution in [0.1, 0.15) is 0 Å². The molecule has 0 N–H and O–H groups in total. The van der Waals surface area contributed by atoms with Gasteiger partial charge in [0.25, 0.3) is 0 Å². The van der Waals surface area contributed by atoms with Gasteiger partial charge in [-0.25, -0.2) is 0 Å². The summed E-state index contributed by atoms with van der Waals surface area (Å²) in [5.74, 6) is 0. The van der Waals surface area contributed by atoms with Crippen molar-refractivity contribution in [1.29, 1.82) is 0 Å². The van der Waals surface area contributed by atoms with E-state index in [0.29, 0.717) is 0 Å². The minimum atomic E-state index is 0.905. The Morgan fingerprint density at radius 2 is 0.793 bits per heavy atom. The second-order valence-corrected chi connectivity index (χ2v) is 16.5. The molecule has 10 aromatic carbocycles. The fourth-order valence-electron chi connectivity index (χ4n) is 9.72. The van der Waals surface area contributed by atoms with Crippen molar-refractivity contribution in [3.63, 3.8) is 0 Å². The van der Waals surface area contributed by atoms with E-state index in [0.717, 1.165) is 33.1 Å². The van der Waals surface area contributed by atoms with Crippen molar-refractivity contribution in [2.45, 2.75) is 0 Å². The van der Waals surface area contributed by atoms with Crippen molar-refractivity contribution < 1.29 is 4.42 Å². The van der Waals surface area contributed by atoms with E-state index < -0.39 is 0 Å². The fraction of sp³-hybridized carbons (Fsp3) is 0. The summed E-state index contributed by atoms with van der Waals surface area (Å²) in [5.41, 5.74) is 8.80. The molecule has 2 nitrogen and oxygen atoms in total. The highest BCUT2D eigenvalue weighted by molar-refractivity contribution is 7.26. The first-order valence-electron chi connectivity index (χ1n) is 19.8. The van der Waals surface area contributed by atoms with Crippen LogP contribution < -0.4 is 0 Å². The summed E-state index contributed by atoms with van der Waals surface area (Å²) in [5, 5.41) is 17.6. The molecule has 268 valence electrons. The number of nitrogens with zero attached hydrogens (tertiary/aromatic N) is 1. The smallest absolute Gasteiger partial charge is 0.135 e. The molecule has 3 heterocycles. The highest BCUT2D eigenvalue weighted by Crippen LogP contribution is 2.46. The Morgan fingerprint density at radius 1 is 0.293 bits per heavy atom. The van der Waals surface area contributed by atoms with Gasteiger partial charge in [0, 0.05) is 54.5 Å². The monoisotopic (exact) mass is 753 g/mol. The van der Waals surface area contributed by atoms with Gasteiger partial charge in [0.2, 0.25) is 0 Å². The molecule has 13 rings (SSSR count). The molecule has 0 saturated carbocycles. The third kappa shape index (κ3) is 4.56. The molecule has 0 aliphatic rings. The van der Waals surface area contributed by atoms with Gasteiger partial charge in [-0.05, 0) is 119 Å². The lowest BCUT2D eigenvalue weighted by molar-refractivity contribution is 0.669. The minimum Gasteiger partial charge on any atom is -0.456 e. The molecule has 13 aromatic rings. The maximum atomic E-state index is 6.22. The molecule has 0 saturated heterocycles. The normalized spacial score (nSPS) is 12.1. The first-order valence-corrected chi connectivity index (χ1v) is 20.6. The Balaban J connectivity index is 0.980. The third-order valence-corrected chi connectivity index (χ3v) is 13.4. The van der Waals surface area contributed by atoms with E-state index >= 15 is 0 Å². The first-order chi connectivity index (χ1) is 28.7. The number of aromatic nitrogens is 1. The Bertz CT molecular complexity index is 3810. The third-order valence-electron chi connectivity index (χ3n) is 12.3. The summed E-state index contributed by atoms with van der Waals surface area (Å²) in [7, 11) is 0. The van der Waals surface area contributed by atoms with E-state index in [9.17, 15) is 0 Å². The lowest BCUT2D eigenvalue weighted by Crippen LogP contribution is -1.92. The standard InChI is InChI=1S/C55H31NOS/c1-3-13-38-36(11-1)37-12-2-4-14-39(37)47-29-53-49(28-46(38)47)41-23-21-32(27-52(41)58-53)34-25-35(31-56-30-34)55-44-18-7-5-16-42(44)54(43-17-6-8-19-45(43)55)33-22-24-51-48(26-33)40-15-9-10-20-50(40)57-51/h1-31H. The van der Waals surface area contributed by atoms with E-state index in [4.69, 9.17) is 9.40 Å². The number of furan rings is 1. The summed E-state index contributed by atoms with van der Waals surface area (Å²) in [4.78, 5) is 4.90. The van der Waals surface area contributed by atoms with Crippen LogP contribution in [0.25, 0.3) is 129 Å². The molecule has 0 amide bonds. The molecular formula is C55H31NOS. The Labute approximate surface area is 336 Å². The van der Waals surface area contributed by atoms with Gasteiger partial charge in [0.05, 0.1) is 0 Å². The number of fused-ring (bicyclic) bond motifs is 14. The number of thiophene rings is 1. The molecule has 0 spiro atoms. The van der Waals surface area contributed by atoms with Gasteiger partial charge < -0.3 is 4.42 Å². The lowest BCUT2D eigenvalue weighted by Gasteiger charge is -2.18. The van der Waals surface area contributed by atoms with Crippen LogP contribution in [0.15, 0.2) is 193 Å². The van der Waals surface area contributed by atoms with E-state index in [1.165, 1.54) is 96.3 Å². The minimum absolute atomic E-state index is 0.905. The van der Waals surface area contributed by atoms with Crippen molar-refractivity contribution >= 4 is 107 Å². The molecular weight excluding hydrogens is 723 g/mol. The van der Waals surface area contributed by atoms with Crippen LogP contribution in [0.5, 0.6) is 0 Å². The zero-order valence-electron chi connectivity index (χ0n) is 31.2. The largest absolute Gasteiger partial charge is 0.456 e. The van der Waals surface area contributed by atoms with Crippen LogP contribution in [0.4, 0.5) is 0 Å². The van der Waals surface area contributed by atoms with Crippen molar-refractivity contribution in [3.05, 3.63) is 188 Å². The van der Waals surface area contributed by atoms with Gasteiger partial charge >= 0.3 is 0 Å². The highest BCUT2D eigenvalue weighted by atomic mass is 32.1. The quantitative estimate of drug-likeness (QED) is 0.133. The Morgan fingerprint density at radius 3 is 1.47 bits per heavy atom. The second-order valence-electron chi connectivity index (χ2n) is 15.4. The van der Waals surface area contributed by atoms with E-state index in [-0.39, 0.29) is 0 Å². The van der Waals surface area contributed by atoms with Crippen molar-refractivity contribution in [1.82, 2.24) is 4.98 Å². The topological polar surface area (TPSA) is 26.0 Å². The van der Waals surface area contributed by atoms with E-state index in [2.05, 4.69) is 164 Å². The molecule has 0 fully saturated rings. The van der Waals surface area contributed by atoms with Crippen molar-refractivity contribution in [3.8, 4) is 33.4 Å². The lowest BCUT2D eigenvalue weighted by atomic mass is 9.85. The summed E-state index contributed by atoms with van der Waals surface area (Å²) >= 11 is 1.88. The van der Waals surface area contributed by atoms with E-state index in [1.807, 2.05) is 35.9 Å². The van der Waals surface area contributed by atoms with Gasteiger partial charge in [0.1, 0.15) is 11.2 Å². The van der Waals surface area contributed by atoms with Crippen molar-refractivity contribution in [2.75, 3.05) is 0 Å². The second kappa shape index (κ2) is 12.1. The van der Waals surface area contributed by atoms with Crippen LogP contribution in [-0.2, 0) is 0 Å². The molecule has 0 aliphatic carbocycles. The SMILES string of the molecule is c1ccc2c(c1)oc1ccc(-c3c4ccccc4c(-c4cncc(-c5ccc6c(c5)sc5cc7c8ccccc8c8ccccc8c7cc56)c4)c4ccccc34)cc12. The predicted octanol–water partition coefficient (Wildman–Crippen LogP) is 16.1. The van der Waals surface area contributed by atoms with Gasteiger partial charge in [-0.15, -0.1) is 11.3 Å². The van der Waals surface area contributed by atoms with Gasteiger partial charge in [-0.1, -0.05) is 133 Å². The maximum absolute atomic E-state index is 6.22. The summed E-state index contributed by atoms with van der Waals surface area (Å²) < 4.78 is 8.81. The number of rotatable bonds is 3. The number of pyridine rings is 1. The molecule has 0 radical (unpaired) electrons. The van der Waals surface area contributed by atoms with Gasteiger partial charge in [0.15, 0.2) is 0 Å². The molecule has 0 unspecified atom stereocenters. The average molecular weight is 754 g/mol. The molecule has 58 heavy (non-hydrogen) atoms. The van der Waals surface area contributed by atoms with Crippen LogP contribution >= 0.6 is 11.3 Å². The predicted molar refractivity (Wildman–Crippen MR) is 248 cm³/mol. The Kier molecular flexibility index (Phi) is 6.63. The molecule has 0 aliphatic heterocycles. The summed E-state index contributed by atoms with van der Waals surface area (Å²) in [6.45, 7) is 0. The number of hydrogen-bond donors (Lipinski definition) is 0. The zero-order valence-corrected chi connectivity index (χ0v) is 32.0. The molecule has 0 atom stereocenters. The Hall–Kier alpha value is -7.33. The number of para-hydroxylation sites is 1. The average Bonchev–Trinajstić information content (AvgIpc) is 3.84. The first kappa shape index (κ1) is 31.8. The van der Waals surface area contributed by atoms with Crippen LogP contribution in [0.3, 0.4) is 0 Å².